The van der Waals surface area contributed by atoms with E-state index in [2.05, 4.69) is 5.32 Å². The molecule has 0 atom stereocenters. The Bertz CT molecular complexity index is 900. The molecule has 0 saturated carbocycles. The molecule has 7 heteroatoms. The van der Waals surface area contributed by atoms with Crippen LogP contribution in [0.25, 0.3) is 6.08 Å². The van der Waals surface area contributed by atoms with Crippen LogP contribution in [0, 0.1) is 0 Å². The van der Waals surface area contributed by atoms with Gasteiger partial charge in [0.2, 0.25) is 5.91 Å². The van der Waals surface area contributed by atoms with E-state index in [9.17, 15) is 9.59 Å². The van der Waals surface area contributed by atoms with Crippen molar-refractivity contribution in [2.75, 3.05) is 11.9 Å². The number of nitrogens with one attached hydrogen (secondary N) is 1. The molecule has 3 rings (SSSR count). The summed E-state index contributed by atoms with van der Waals surface area (Å²) in [6, 6.07) is 5.16. The first kappa shape index (κ1) is 20.9. The molecule has 28 heavy (non-hydrogen) atoms. The lowest BCUT2D eigenvalue weighted by molar-refractivity contribution is -0.111. The molecule has 0 spiro atoms. The van der Waals surface area contributed by atoms with Crippen molar-refractivity contribution in [1.29, 1.82) is 0 Å². The molecule has 0 radical (unpaired) electrons. The maximum absolute atomic E-state index is 12.5. The van der Waals surface area contributed by atoms with Gasteiger partial charge in [0.1, 0.15) is 5.00 Å². The molecule has 0 unspecified atom stereocenters. The highest BCUT2D eigenvalue weighted by molar-refractivity contribution is 7.17. The van der Waals surface area contributed by atoms with Gasteiger partial charge in [0, 0.05) is 26.6 Å². The van der Waals surface area contributed by atoms with Crippen LogP contribution in [0.1, 0.15) is 52.5 Å². The number of halogens is 2. The first-order valence-corrected chi connectivity index (χ1v) is 10.8. The lowest BCUT2D eigenvalue weighted by Crippen LogP contribution is -2.13. The molecule has 1 aromatic carbocycles. The normalized spacial score (nSPS) is 13.8. The Morgan fingerprint density at radius 3 is 2.61 bits per heavy atom. The lowest BCUT2D eigenvalue weighted by atomic mass is 10.1. The topological polar surface area (TPSA) is 55.4 Å². The van der Waals surface area contributed by atoms with Gasteiger partial charge in [-0.25, -0.2) is 4.79 Å². The maximum atomic E-state index is 12.5. The molecule has 0 saturated heterocycles. The fraction of sp³-hybridized carbons (Fsp3) is 0.333. The van der Waals surface area contributed by atoms with E-state index >= 15 is 0 Å². The van der Waals surface area contributed by atoms with E-state index in [1.54, 1.807) is 31.2 Å². The number of thiophene rings is 1. The van der Waals surface area contributed by atoms with Crippen molar-refractivity contribution >= 4 is 57.5 Å². The van der Waals surface area contributed by atoms with Crippen LogP contribution < -0.4 is 5.32 Å². The minimum Gasteiger partial charge on any atom is -0.462 e. The second-order valence-corrected chi connectivity index (χ2v) is 8.37. The number of anilines is 1. The first-order valence-electron chi connectivity index (χ1n) is 9.26. The number of hydrogen-bond acceptors (Lipinski definition) is 4. The largest absolute Gasteiger partial charge is 0.462 e. The maximum Gasteiger partial charge on any atom is 0.341 e. The van der Waals surface area contributed by atoms with Gasteiger partial charge in [0.05, 0.1) is 12.2 Å². The Labute approximate surface area is 178 Å². The number of hydrogen-bond donors (Lipinski definition) is 1. The van der Waals surface area contributed by atoms with E-state index in [4.69, 9.17) is 27.9 Å². The molecule has 0 aliphatic heterocycles. The summed E-state index contributed by atoms with van der Waals surface area (Å²) in [6.45, 7) is 2.07. The Balaban J connectivity index is 1.86. The number of carbonyl (C=O) groups is 2. The zero-order chi connectivity index (χ0) is 20.1. The van der Waals surface area contributed by atoms with E-state index in [1.165, 1.54) is 17.4 Å². The van der Waals surface area contributed by atoms with Crippen molar-refractivity contribution in [3.8, 4) is 0 Å². The minimum absolute atomic E-state index is 0.293. The smallest absolute Gasteiger partial charge is 0.341 e. The summed E-state index contributed by atoms with van der Waals surface area (Å²) >= 11 is 13.7. The summed E-state index contributed by atoms with van der Waals surface area (Å²) in [6.07, 6.45) is 7.97. The quantitative estimate of drug-likeness (QED) is 0.346. The molecule has 148 valence electrons. The number of aryl methyl sites for hydroxylation is 1. The summed E-state index contributed by atoms with van der Waals surface area (Å²) in [5, 5.41) is 4.32. The van der Waals surface area contributed by atoms with E-state index in [0.29, 0.717) is 32.8 Å². The summed E-state index contributed by atoms with van der Waals surface area (Å²) in [5.41, 5.74) is 2.10. The van der Waals surface area contributed by atoms with Crippen LogP contribution in [0.4, 0.5) is 5.00 Å². The monoisotopic (exact) mass is 437 g/mol. The fourth-order valence-electron chi connectivity index (χ4n) is 3.23. The van der Waals surface area contributed by atoms with Crippen LogP contribution in [0.2, 0.25) is 10.0 Å². The molecule has 2 aromatic rings. The van der Waals surface area contributed by atoms with Crippen molar-refractivity contribution in [2.24, 2.45) is 0 Å². The van der Waals surface area contributed by atoms with Gasteiger partial charge in [0.15, 0.2) is 0 Å². The predicted molar refractivity (Wildman–Crippen MR) is 116 cm³/mol. The second kappa shape index (κ2) is 9.59. The fourth-order valence-corrected chi connectivity index (χ4v) is 5.04. The molecule has 1 aromatic heterocycles. The van der Waals surface area contributed by atoms with E-state index in [0.717, 1.165) is 42.5 Å². The highest BCUT2D eigenvalue weighted by Gasteiger charge is 2.26. The van der Waals surface area contributed by atoms with Gasteiger partial charge in [-0.3, -0.25) is 4.79 Å². The molecule has 4 nitrogen and oxygen atoms in total. The van der Waals surface area contributed by atoms with Gasteiger partial charge >= 0.3 is 5.97 Å². The highest BCUT2D eigenvalue weighted by Crippen LogP contribution is 2.38. The predicted octanol–water partition coefficient (Wildman–Crippen LogP) is 6.15. The SMILES string of the molecule is CCOC(=O)c1c(NC(=O)C=Cc2c(Cl)cccc2Cl)sc2c1CCCCC2. The molecule has 1 heterocycles. The molecular formula is C21H21Cl2NO3S. The average molecular weight is 438 g/mol. The minimum atomic E-state index is -0.379. The van der Waals surface area contributed by atoms with Crippen molar-refractivity contribution < 1.29 is 14.3 Å². The highest BCUT2D eigenvalue weighted by atomic mass is 35.5. The van der Waals surface area contributed by atoms with Crippen LogP contribution in [0.15, 0.2) is 24.3 Å². The van der Waals surface area contributed by atoms with E-state index < -0.39 is 0 Å². The number of amides is 1. The van der Waals surface area contributed by atoms with E-state index in [-0.39, 0.29) is 11.9 Å². The molecule has 1 N–H and O–H groups in total. The summed E-state index contributed by atoms with van der Waals surface area (Å²) in [5.74, 6) is -0.728. The van der Waals surface area contributed by atoms with Crippen molar-refractivity contribution in [3.63, 3.8) is 0 Å². The number of fused-ring (bicyclic) bond motifs is 1. The number of ether oxygens (including phenoxy) is 1. The molecule has 1 amide bonds. The van der Waals surface area contributed by atoms with Crippen molar-refractivity contribution in [1.82, 2.24) is 0 Å². The number of esters is 1. The van der Waals surface area contributed by atoms with Gasteiger partial charge < -0.3 is 10.1 Å². The standard InChI is InChI=1S/C21H21Cl2NO3S/c1-2-27-21(26)19-14-7-4-3-5-10-17(14)28-20(19)24-18(25)12-11-13-15(22)8-6-9-16(13)23/h6,8-9,11-12H,2-5,7,10H2,1H3,(H,24,25). The molecular weight excluding hydrogens is 417 g/mol. The zero-order valence-corrected chi connectivity index (χ0v) is 17.8. The number of carbonyl (C=O) groups excluding carboxylic acids is 2. The molecule has 1 aliphatic rings. The zero-order valence-electron chi connectivity index (χ0n) is 15.5. The van der Waals surface area contributed by atoms with Gasteiger partial charge in [-0.1, -0.05) is 35.7 Å². The third kappa shape index (κ3) is 4.77. The molecule has 1 aliphatic carbocycles. The number of benzene rings is 1. The summed E-state index contributed by atoms with van der Waals surface area (Å²) < 4.78 is 5.24. The summed E-state index contributed by atoms with van der Waals surface area (Å²) in [4.78, 5) is 26.2. The Morgan fingerprint density at radius 1 is 1.18 bits per heavy atom. The summed E-state index contributed by atoms with van der Waals surface area (Å²) in [7, 11) is 0. The molecule has 0 fully saturated rings. The van der Waals surface area contributed by atoms with Gasteiger partial charge in [-0.05, 0) is 56.4 Å². The van der Waals surface area contributed by atoms with Gasteiger partial charge in [-0.15, -0.1) is 11.3 Å². The third-order valence-corrected chi connectivity index (χ3v) is 6.41. The Morgan fingerprint density at radius 2 is 1.89 bits per heavy atom. The van der Waals surface area contributed by atoms with Gasteiger partial charge in [0.25, 0.3) is 0 Å². The van der Waals surface area contributed by atoms with E-state index in [1.807, 2.05) is 0 Å². The second-order valence-electron chi connectivity index (χ2n) is 6.45. The molecule has 0 bridgehead atoms. The van der Waals surface area contributed by atoms with Crippen LogP contribution in [-0.4, -0.2) is 18.5 Å². The number of rotatable bonds is 5. The van der Waals surface area contributed by atoms with Crippen LogP contribution in [0.3, 0.4) is 0 Å². The first-order chi connectivity index (χ1) is 13.5. The Hall–Kier alpha value is -1.82. The van der Waals surface area contributed by atoms with Crippen molar-refractivity contribution in [3.05, 3.63) is 55.9 Å². The van der Waals surface area contributed by atoms with Crippen LogP contribution >= 0.6 is 34.5 Å². The van der Waals surface area contributed by atoms with Crippen molar-refractivity contribution in [2.45, 2.75) is 39.0 Å². The average Bonchev–Trinajstić information content (AvgIpc) is 2.82. The lowest BCUT2D eigenvalue weighted by Gasteiger charge is -2.07. The van der Waals surface area contributed by atoms with Crippen LogP contribution in [0.5, 0.6) is 0 Å². The van der Waals surface area contributed by atoms with Crippen LogP contribution in [-0.2, 0) is 22.4 Å². The van der Waals surface area contributed by atoms with Gasteiger partial charge in [-0.2, -0.15) is 0 Å². The third-order valence-electron chi connectivity index (χ3n) is 4.54. The Kier molecular flexibility index (Phi) is 7.16.